The van der Waals surface area contributed by atoms with E-state index in [0.29, 0.717) is 16.9 Å². The molecule has 27 heavy (non-hydrogen) atoms. The minimum atomic E-state index is -0.306. The second kappa shape index (κ2) is 9.12. The molecule has 2 aromatic carbocycles. The van der Waals surface area contributed by atoms with Gasteiger partial charge in [0.05, 0.1) is 23.7 Å². The molecular formula is C19H16ClFN4OS. The van der Waals surface area contributed by atoms with Crippen molar-refractivity contribution in [3.05, 3.63) is 75.8 Å². The van der Waals surface area contributed by atoms with E-state index in [-0.39, 0.29) is 30.6 Å². The van der Waals surface area contributed by atoms with Crippen LogP contribution in [0.5, 0.6) is 0 Å². The van der Waals surface area contributed by atoms with Gasteiger partial charge < -0.3 is 9.88 Å². The zero-order valence-electron chi connectivity index (χ0n) is 14.3. The van der Waals surface area contributed by atoms with Crippen LogP contribution in [0.1, 0.15) is 11.3 Å². The van der Waals surface area contributed by atoms with E-state index in [1.165, 1.54) is 23.5 Å². The Balaban J connectivity index is 0.00000261. The van der Waals surface area contributed by atoms with Gasteiger partial charge in [-0.2, -0.15) is 5.26 Å². The van der Waals surface area contributed by atoms with Crippen LogP contribution in [-0.2, 0) is 18.3 Å². The molecule has 0 unspecified atom stereocenters. The zero-order valence-corrected chi connectivity index (χ0v) is 16.0. The maximum atomic E-state index is 13.0. The summed E-state index contributed by atoms with van der Waals surface area (Å²) in [7, 11) is 1.84. The topological polar surface area (TPSA) is 70.2 Å². The lowest BCUT2D eigenvalue weighted by Crippen LogP contribution is -2.19. The number of halogens is 2. The number of nitrogens with one attached hydrogen (secondary N) is 1. The van der Waals surface area contributed by atoms with E-state index in [9.17, 15) is 9.18 Å². The third kappa shape index (κ3) is 5.26. The number of anilines is 1. The average molecular weight is 403 g/mol. The summed E-state index contributed by atoms with van der Waals surface area (Å²) in [6.45, 7) is 0. The fourth-order valence-electron chi connectivity index (χ4n) is 2.29. The minimum absolute atomic E-state index is 0. The molecule has 1 aromatic heterocycles. The Morgan fingerprint density at radius 2 is 1.89 bits per heavy atom. The van der Waals surface area contributed by atoms with Gasteiger partial charge in [0.15, 0.2) is 4.80 Å². The van der Waals surface area contributed by atoms with Gasteiger partial charge in [-0.3, -0.25) is 4.79 Å². The first-order valence-electron chi connectivity index (χ1n) is 7.79. The van der Waals surface area contributed by atoms with Crippen LogP contribution in [0, 0.1) is 17.1 Å². The average Bonchev–Trinajstić information content (AvgIpc) is 2.97. The van der Waals surface area contributed by atoms with Gasteiger partial charge in [-0.05, 0) is 48.5 Å². The highest BCUT2D eigenvalue weighted by atomic mass is 35.5. The summed E-state index contributed by atoms with van der Waals surface area (Å²) in [5, 5.41) is 13.5. The maximum absolute atomic E-state index is 13.0. The molecule has 0 aliphatic rings. The predicted molar refractivity (Wildman–Crippen MR) is 106 cm³/mol. The third-order valence-corrected chi connectivity index (χ3v) is 4.67. The summed E-state index contributed by atoms with van der Waals surface area (Å²) >= 11 is 1.41. The Hall–Kier alpha value is -2.95. The summed E-state index contributed by atoms with van der Waals surface area (Å²) in [5.74, 6) is -0.462. The first-order valence-corrected chi connectivity index (χ1v) is 8.67. The second-order valence-electron chi connectivity index (χ2n) is 5.57. The molecule has 0 radical (unpaired) electrons. The van der Waals surface area contributed by atoms with Crippen LogP contribution in [0.25, 0.3) is 0 Å². The van der Waals surface area contributed by atoms with Gasteiger partial charge in [-0.1, -0.05) is 0 Å². The first kappa shape index (κ1) is 20.4. The number of aromatic nitrogens is 1. The molecule has 0 aliphatic carbocycles. The first-order chi connectivity index (χ1) is 12.5. The molecule has 5 nitrogen and oxygen atoms in total. The third-order valence-electron chi connectivity index (χ3n) is 3.71. The molecule has 0 saturated heterocycles. The molecule has 0 bridgehead atoms. The molecule has 3 aromatic rings. The van der Waals surface area contributed by atoms with E-state index in [1.807, 2.05) is 23.1 Å². The summed E-state index contributed by atoms with van der Waals surface area (Å²) in [6.07, 6.45) is 0.200. The number of rotatable bonds is 4. The van der Waals surface area contributed by atoms with E-state index in [1.54, 1.807) is 36.4 Å². The van der Waals surface area contributed by atoms with E-state index in [2.05, 4.69) is 10.3 Å². The second-order valence-corrected chi connectivity index (χ2v) is 6.41. The Morgan fingerprint density at radius 1 is 1.22 bits per heavy atom. The van der Waals surface area contributed by atoms with Crippen molar-refractivity contribution in [2.24, 2.45) is 12.0 Å². The highest BCUT2D eigenvalue weighted by Crippen LogP contribution is 2.13. The highest BCUT2D eigenvalue weighted by molar-refractivity contribution is 7.07. The quantitative estimate of drug-likeness (QED) is 0.718. The fraction of sp³-hybridized carbons (Fsp3) is 0.105. The fourth-order valence-corrected chi connectivity index (χ4v) is 3.20. The smallest absolute Gasteiger partial charge is 0.230 e. The molecule has 1 N–H and O–H groups in total. The number of hydrogen-bond donors (Lipinski definition) is 1. The van der Waals surface area contributed by atoms with Gasteiger partial charge in [-0.25, -0.2) is 9.38 Å². The molecule has 8 heteroatoms. The summed E-state index contributed by atoms with van der Waals surface area (Å²) < 4.78 is 14.8. The van der Waals surface area contributed by atoms with Crippen LogP contribution in [0.3, 0.4) is 0 Å². The van der Waals surface area contributed by atoms with E-state index >= 15 is 0 Å². The molecule has 0 fully saturated rings. The van der Waals surface area contributed by atoms with Crippen LogP contribution < -0.4 is 10.1 Å². The molecule has 138 valence electrons. The van der Waals surface area contributed by atoms with Crippen LogP contribution in [-0.4, -0.2) is 10.5 Å². The number of amides is 1. The number of hydrogen-bond acceptors (Lipinski definition) is 4. The van der Waals surface area contributed by atoms with E-state index in [0.717, 1.165) is 10.5 Å². The Kier molecular flexibility index (Phi) is 6.88. The van der Waals surface area contributed by atoms with Crippen LogP contribution in [0.15, 0.2) is 58.9 Å². The normalized spacial score (nSPS) is 10.8. The minimum Gasteiger partial charge on any atom is -0.326 e. The van der Waals surface area contributed by atoms with Crippen molar-refractivity contribution in [1.29, 1.82) is 5.26 Å². The van der Waals surface area contributed by atoms with Crippen molar-refractivity contribution in [1.82, 2.24) is 4.57 Å². The van der Waals surface area contributed by atoms with E-state index in [4.69, 9.17) is 5.26 Å². The maximum Gasteiger partial charge on any atom is 0.230 e. The lowest BCUT2D eigenvalue weighted by Gasteiger charge is -2.06. The monoisotopic (exact) mass is 402 g/mol. The van der Waals surface area contributed by atoms with E-state index < -0.39 is 0 Å². The van der Waals surface area contributed by atoms with Gasteiger partial charge in [0, 0.05) is 23.8 Å². The molecule has 0 saturated carbocycles. The van der Waals surface area contributed by atoms with Crippen molar-refractivity contribution >= 4 is 41.0 Å². The van der Waals surface area contributed by atoms with Gasteiger partial charge in [0.2, 0.25) is 5.91 Å². The zero-order chi connectivity index (χ0) is 18.5. The van der Waals surface area contributed by atoms with Crippen molar-refractivity contribution in [2.45, 2.75) is 6.42 Å². The van der Waals surface area contributed by atoms with Crippen molar-refractivity contribution < 1.29 is 9.18 Å². The molecule has 0 aliphatic heterocycles. The molecule has 0 atom stereocenters. The van der Waals surface area contributed by atoms with Crippen molar-refractivity contribution in [3.8, 4) is 6.07 Å². The van der Waals surface area contributed by atoms with Crippen molar-refractivity contribution in [3.63, 3.8) is 0 Å². The Morgan fingerprint density at radius 3 is 2.52 bits per heavy atom. The highest BCUT2D eigenvalue weighted by Gasteiger charge is 2.09. The SMILES string of the molecule is Cl.Cn1c(CC(=O)Nc2ccc(C#N)cc2)cs/c1=N/c1ccc(F)cc1. The molecular weight excluding hydrogens is 387 g/mol. The summed E-state index contributed by atoms with van der Waals surface area (Å²) in [4.78, 5) is 17.4. The molecule has 1 heterocycles. The number of benzene rings is 2. The lowest BCUT2D eigenvalue weighted by molar-refractivity contribution is -0.115. The van der Waals surface area contributed by atoms with Crippen LogP contribution in [0.2, 0.25) is 0 Å². The number of nitriles is 1. The van der Waals surface area contributed by atoms with Gasteiger partial charge in [0.25, 0.3) is 0 Å². The number of carbonyl (C=O) groups excluding carboxylic acids is 1. The number of thiazole rings is 1. The summed E-state index contributed by atoms with van der Waals surface area (Å²) in [6, 6.07) is 14.7. The number of nitrogens with zero attached hydrogens (tertiary/aromatic N) is 3. The van der Waals surface area contributed by atoms with Gasteiger partial charge >= 0.3 is 0 Å². The Labute approximate surface area is 165 Å². The number of carbonyl (C=O) groups is 1. The van der Waals surface area contributed by atoms with Gasteiger partial charge in [0.1, 0.15) is 5.82 Å². The van der Waals surface area contributed by atoms with Crippen molar-refractivity contribution in [2.75, 3.05) is 5.32 Å². The largest absolute Gasteiger partial charge is 0.326 e. The van der Waals surface area contributed by atoms with Crippen LogP contribution in [0.4, 0.5) is 15.8 Å². The molecule has 1 amide bonds. The lowest BCUT2D eigenvalue weighted by atomic mass is 10.2. The summed E-state index contributed by atoms with van der Waals surface area (Å²) in [5.41, 5.74) is 2.65. The molecule has 3 rings (SSSR count). The van der Waals surface area contributed by atoms with Crippen LogP contribution >= 0.6 is 23.7 Å². The predicted octanol–water partition coefficient (Wildman–Crippen LogP) is 3.93. The van der Waals surface area contributed by atoms with Gasteiger partial charge in [-0.15, -0.1) is 23.7 Å². The standard InChI is InChI=1S/C19H15FN4OS.ClH/c1-24-17(10-18(25)22-15-6-2-13(11-21)3-7-15)12-26-19(24)23-16-8-4-14(20)5-9-16;/h2-9,12H,10H2,1H3,(H,22,25);1H/b23-19+;. The Bertz CT molecular complexity index is 1030. The molecule has 0 spiro atoms.